The molecule has 0 aliphatic rings. The molecule has 6 heteroatoms. The van der Waals surface area contributed by atoms with E-state index >= 15 is 0 Å². The maximum atomic E-state index is 12.9. The van der Waals surface area contributed by atoms with Crippen LogP contribution in [0.3, 0.4) is 0 Å². The van der Waals surface area contributed by atoms with Crippen LogP contribution in [0.1, 0.15) is 0 Å². The smallest absolute Gasteiger partial charge is 0.331 e. The van der Waals surface area contributed by atoms with Gasteiger partial charge in [-0.15, -0.1) is 0 Å². The largest absolute Gasteiger partial charge is 0.493 e. The van der Waals surface area contributed by atoms with E-state index in [2.05, 4.69) is 10.3 Å². The van der Waals surface area contributed by atoms with Gasteiger partial charge in [-0.1, -0.05) is 24.3 Å². The minimum atomic E-state index is -0.276. The van der Waals surface area contributed by atoms with Crippen LogP contribution in [-0.4, -0.2) is 29.8 Å². The molecule has 0 bridgehead atoms. The zero-order valence-corrected chi connectivity index (χ0v) is 15.5. The van der Waals surface area contributed by atoms with Gasteiger partial charge in [0.15, 0.2) is 11.5 Å². The molecule has 0 radical (unpaired) electrons. The van der Waals surface area contributed by atoms with E-state index in [0.717, 1.165) is 22.2 Å². The van der Waals surface area contributed by atoms with Crippen LogP contribution >= 0.6 is 0 Å². The van der Waals surface area contributed by atoms with Crippen LogP contribution in [0.2, 0.25) is 0 Å². The van der Waals surface area contributed by atoms with E-state index in [0.29, 0.717) is 17.1 Å². The average molecular weight is 373 g/mol. The average Bonchev–Trinajstić information content (AvgIpc) is 3.14. The first-order valence-corrected chi connectivity index (χ1v) is 8.76. The van der Waals surface area contributed by atoms with Crippen molar-refractivity contribution in [2.24, 2.45) is 0 Å². The fraction of sp³-hybridized carbons (Fsp3) is 0.0909. The summed E-state index contributed by atoms with van der Waals surface area (Å²) < 4.78 is 12.3. The van der Waals surface area contributed by atoms with Crippen molar-refractivity contribution in [3.8, 4) is 22.6 Å². The number of para-hydroxylation sites is 1. The fourth-order valence-corrected chi connectivity index (χ4v) is 3.15. The number of fused-ring (bicyclic) bond motifs is 1. The standard InChI is InChI=1S/C22H19N3O3/c1-27-19-11-10-15(13-20(19)28-2)18-14-25(21-17(18)9-6-12-23-21)22(26)24-16-7-4-3-5-8-16/h3-14H,1-2H3,(H,24,26). The van der Waals surface area contributed by atoms with E-state index in [-0.39, 0.29) is 6.03 Å². The second-order valence-electron chi connectivity index (χ2n) is 6.15. The van der Waals surface area contributed by atoms with Gasteiger partial charge in [0.25, 0.3) is 0 Å². The molecule has 0 fully saturated rings. The normalized spacial score (nSPS) is 10.6. The molecule has 0 unspecified atom stereocenters. The first-order valence-electron chi connectivity index (χ1n) is 8.76. The summed E-state index contributed by atoms with van der Waals surface area (Å²) in [6.45, 7) is 0. The third-order valence-electron chi connectivity index (χ3n) is 4.50. The van der Waals surface area contributed by atoms with Gasteiger partial charge in [-0.05, 0) is 42.0 Å². The van der Waals surface area contributed by atoms with Gasteiger partial charge in [0.1, 0.15) is 5.65 Å². The molecule has 1 N–H and O–H groups in total. The van der Waals surface area contributed by atoms with Crippen molar-refractivity contribution >= 4 is 22.8 Å². The summed E-state index contributed by atoms with van der Waals surface area (Å²) in [7, 11) is 3.20. The van der Waals surface area contributed by atoms with E-state index in [1.807, 2.05) is 60.7 Å². The Bertz CT molecular complexity index is 1140. The van der Waals surface area contributed by atoms with Crippen molar-refractivity contribution in [1.29, 1.82) is 0 Å². The van der Waals surface area contributed by atoms with Gasteiger partial charge in [-0.25, -0.2) is 9.78 Å². The summed E-state index contributed by atoms with van der Waals surface area (Å²) in [6, 6.07) is 18.5. The number of hydrogen-bond donors (Lipinski definition) is 1. The number of methoxy groups -OCH3 is 2. The molecule has 6 nitrogen and oxygen atoms in total. The van der Waals surface area contributed by atoms with Crippen LogP contribution < -0.4 is 14.8 Å². The van der Waals surface area contributed by atoms with Crippen molar-refractivity contribution < 1.29 is 14.3 Å². The molecule has 140 valence electrons. The quantitative estimate of drug-likeness (QED) is 0.558. The highest BCUT2D eigenvalue weighted by atomic mass is 16.5. The van der Waals surface area contributed by atoms with Crippen LogP contribution in [0.15, 0.2) is 73.1 Å². The van der Waals surface area contributed by atoms with Crippen LogP contribution in [0, 0.1) is 0 Å². The van der Waals surface area contributed by atoms with E-state index in [1.165, 1.54) is 4.57 Å². The molecule has 0 saturated heterocycles. The number of aromatic nitrogens is 2. The number of rotatable bonds is 4. The third-order valence-corrected chi connectivity index (χ3v) is 4.50. The van der Waals surface area contributed by atoms with Crippen molar-refractivity contribution in [1.82, 2.24) is 9.55 Å². The van der Waals surface area contributed by atoms with Crippen LogP contribution in [0.25, 0.3) is 22.2 Å². The molecule has 2 heterocycles. The number of hydrogen-bond acceptors (Lipinski definition) is 4. The Morgan fingerprint density at radius 3 is 2.50 bits per heavy atom. The first kappa shape index (κ1) is 17.6. The highest BCUT2D eigenvalue weighted by Gasteiger charge is 2.17. The number of carbonyl (C=O) groups excluding carboxylic acids is 1. The minimum Gasteiger partial charge on any atom is -0.493 e. The minimum absolute atomic E-state index is 0.276. The van der Waals surface area contributed by atoms with Gasteiger partial charge < -0.3 is 14.8 Å². The Kier molecular flexibility index (Phi) is 4.68. The Balaban J connectivity index is 1.80. The maximum Gasteiger partial charge on any atom is 0.331 e. The predicted octanol–water partition coefficient (Wildman–Crippen LogP) is 4.80. The number of nitrogens with one attached hydrogen (secondary N) is 1. The summed E-state index contributed by atoms with van der Waals surface area (Å²) in [5, 5.41) is 3.77. The predicted molar refractivity (Wildman–Crippen MR) is 109 cm³/mol. The van der Waals surface area contributed by atoms with Gasteiger partial charge in [0, 0.05) is 29.0 Å². The molecule has 2 aromatic carbocycles. The van der Waals surface area contributed by atoms with Gasteiger partial charge in [-0.2, -0.15) is 0 Å². The molecular weight excluding hydrogens is 354 g/mol. The summed E-state index contributed by atoms with van der Waals surface area (Å²) in [6.07, 6.45) is 3.46. The Labute approximate surface area is 162 Å². The second kappa shape index (κ2) is 7.44. The molecule has 0 spiro atoms. The number of ether oxygens (including phenoxy) is 2. The number of amides is 1. The number of anilines is 1. The molecule has 0 saturated carbocycles. The van der Waals surface area contributed by atoms with Crippen molar-refractivity contribution in [3.05, 3.63) is 73.1 Å². The van der Waals surface area contributed by atoms with Crippen molar-refractivity contribution in [2.75, 3.05) is 19.5 Å². The van der Waals surface area contributed by atoms with Crippen LogP contribution in [0.4, 0.5) is 10.5 Å². The Morgan fingerprint density at radius 1 is 0.964 bits per heavy atom. The topological polar surface area (TPSA) is 65.4 Å². The van der Waals surface area contributed by atoms with E-state index in [4.69, 9.17) is 9.47 Å². The molecule has 1 amide bonds. The molecule has 4 aromatic rings. The highest BCUT2D eigenvalue weighted by Crippen LogP contribution is 2.36. The SMILES string of the molecule is COc1ccc(-c2cn(C(=O)Nc3ccccc3)c3ncccc23)cc1OC. The number of benzene rings is 2. The van der Waals surface area contributed by atoms with Crippen LogP contribution in [0.5, 0.6) is 11.5 Å². The lowest BCUT2D eigenvalue weighted by Gasteiger charge is -2.09. The summed E-state index contributed by atoms with van der Waals surface area (Å²) in [4.78, 5) is 17.3. The fourth-order valence-electron chi connectivity index (χ4n) is 3.15. The van der Waals surface area contributed by atoms with E-state index in [9.17, 15) is 4.79 Å². The highest BCUT2D eigenvalue weighted by molar-refractivity contribution is 6.03. The number of carbonyl (C=O) groups is 1. The van der Waals surface area contributed by atoms with Gasteiger partial charge in [0.2, 0.25) is 0 Å². The molecule has 0 aliphatic heterocycles. The Morgan fingerprint density at radius 2 is 1.75 bits per heavy atom. The first-order chi connectivity index (χ1) is 13.7. The summed E-state index contributed by atoms with van der Waals surface area (Å²) in [5.41, 5.74) is 3.09. The van der Waals surface area contributed by atoms with Gasteiger partial charge in [0.05, 0.1) is 14.2 Å². The lowest BCUT2D eigenvalue weighted by Crippen LogP contribution is -2.18. The zero-order valence-electron chi connectivity index (χ0n) is 15.5. The molecule has 4 rings (SSSR count). The molecule has 0 aliphatic carbocycles. The monoisotopic (exact) mass is 373 g/mol. The lowest BCUT2D eigenvalue weighted by molar-refractivity contribution is 0.254. The lowest BCUT2D eigenvalue weighted by atomic mass is 10.1. The van der Waals surface area contributed by atoms with Crippen molar-refractivity contribution in [3.63, 3.8) is 0 Å². The van der Waals surface area contributed by atoms with Gasteiger partial charge >= 0.3 is 6.03 Å². The summed E-state index contributed by atoms with van der Waals surface area (Å²) >= 11 is 0. The van der Waals surface area contributed by atoms with E-state index in [1.54, 1.807) is 26.6 Å². The Hall–Kier alpha value is -3.80. The second-order valence-corrected chi connectivity index (χ2v) is 6.15. The summed E-state index contributed by atoms with van der Waals surface area (Å²) in [5.74, 6) is 1.27. The van der Waals surface area contributed by atoms with E-state index < -0.39 is 0 Å². The zero-order chi connectivity index (χ0) is 19.5. The molecular formula is C22H19N3O3. The number of nitrogens with zero attached hydrogens (tertiary/aromatic N) is 2. The molecule has 2 aromatic heterocycles. The molecule has 28 heavy (non-hydrogen) atoms. The van der Waals surface area contributed by atoms with Crippen LogP contribution in [-0.2, 0) is 0 Å². The number of pyridine rings is 1. The third kappa shape index (κ3) is 3.16. The van der Waals surface area contributed by atoms with Gasteiger partial charge in [-0.3, -0.25) is 4.57 Å². The van der Waals surface area contributed by atoms with Crippen molar-refractivity contribution in [2.45, 2.75) is 0 Å². The molecule has 0 atom stereocenters. The maximum absolute atomic E-state index is 12.9.